The van der Waals surface area contributed by atoms with Gasteiger partial charge in [0.1, 0.15) is 47.2 Å². The molecule has 6 aromatic heterocycles. The van der Waals surface area contributed by atoms with E-state index in [0.29, 0.717) is 46.0 Å². The van der Waals surface area contributed by atoms with E-state index in [-0.39, 0.29) is 54.6 Å². The van der Waals surface area contributed by atoms with Crippen molar-refractivity contribution in [3.63, 3.8) is 0 Å². The Morgan fingerprint density at radius 3 is 1.89 bits per heavy atom. The van der Waals surface area contributed by atoms with Crippen LogP contribution >= 0.6 is 0 Å². The number of carbonyl (C=O) groups excluding carboxylic acids is 2. The zero-order valence-electron chi connectivity index (χ0n) is 29.9. The van der Waals surface area contributed by atoms with Gasteiger partial charge in [0.05, 0.1) is 65.9 Å². The van der Waals surface area contributed by atoms with E-state index in [1.54, 1.807) is 54.5 Å². The summed E-state index contributed by atoms with van der Waals surface area (Å²) in [6.45, 7) is 0.211. The number of aromatic nitrogens is 6. The highest BCUT2D eigenvalue weighted by atomic mass is 19.1. The second-order valence-corrected chi connectivity index (χ2v) is 14.3. The zero-order chi connectivity index (χ0) is 38.1. The topological polar surface area (TPSA) is 147 Å². The molecule has 0 spiro atoms. The number of nitrogens with zero attached hydrogens (tertiary/aromatic N) is 6. The maximum atomic E-state index is 15.5. The molecule has 0 bridgehead atoms. The van der Waals surface area contributed by atoms with Gasteiger partial charge in [-0.05, 0) is 55.7 Å². The number of ether oxygens (including phenoxy) is 3. The Bertz CT molecular complexity index is 2520. The molecule has 282 valence electrons. The minimum Gasteiger partial charge on any atom is -0.489 e. The van der Waals surface area contributed by atoms with Crippen molar-refractivity contribution in [3.8, 4) is 40.0 Å². The van der Waals surface area contributed by atoms with Gasteiger partial charge in [0.2, 0.25) is 23.6 Å². The zero-order valence-corrected chi connectivity index (χ0v) is 29.9. The predicted octanol–water partition coefficient (Wildman–Crippen LogP) is 6.17. The van der Waals surface area contributed by atoms with Crippen LogP contribution in [-0.2, 0) is 23.7 Å². The largest absolute Gasteiger partial charge is 0.489 e. The van der Waals surface area contributed by atoms with Crippen molar-refractivity contribution >= 4 is 45.3 Å². The van der Waals surface area contributed by atoms with E-state index in [9.17, 15) is 18.4 Å². The molecule has 13 nitrogen and oxygen atoms in total. The summed E-state index contributed by atoms with van der Waals surface area (Å²) in [6.07, 6.45) is 4.83. The summed E-state index contributed by atoms with van der Waals surface area (Å²) in [5, 5.41) is 6.86. The van der Waals surface area contributed by atoms with Crippen molar-refractivity contribution in [3.05, 3.63) is 67.0 Å². The molecule has 6 unspecified atom stereocenters. The molecule has 6 aromatic rings. The fourth-order valence-corrected chi connectivity index (χ4v) is 6.96. The number of fused-ring (bicyclic) bond motifs is 2. The summed E-state index contributed by atoms with van der Waals surface area (Å²) in [5.74, 6) is -1.00. The number of carbonyl (C=O) groups is 2. The van der Waals surface area contributed by atoms with Gasteiger partial charge in [0, 0.05) is 43.2 Å². The molecule has 55 heavy (non-hydrogen) atoms. The average Bonchev–Trinajstić information content (AvgIpc) is 4.13. The molecule has 6 heterocycles. The van der Waals surface area contributed by atoms with E-state index >= 15 is 4.39 Å². The van der Waals surface area contributed by atoms with Gasteiger partial charge in [-0.1, -0.05) is 0 Å². The Hall–Kier alpha value is -6.19. The van der Waals surface area contributed by atoms with Crippen LogP contribution in [0.25, 0.3) is 44.3 Å². The molecule has 2 amide bonds. The molecule has 3 aliphatic carbocycles. The highest BCUT2D eigenvalue weighted by molar-refractivity contribution is 5.98. The minimum atomic E-state index is -1.12. The Morgan fingerprint density at radius 1 is 0.782 bits per heavy atom. The molecule has 16 heteroatoms. The molecular formula is C39H35F3N8O5. The van der Waals surface area contributed by atoms with Crippen molar-refractivity contribution in [1.82, 2.24) is 29.1 Å². The van der Waals surface area contributed by atoms with Gasteiger partial charge in [-0.15, -0.1) is 0 Å². The number of anilines is 2. The number of aryl methyl sites for hydroxylation is 2. The molecule has 0 aliphatic heterocycles. The van der Waals surface area contributed by atoms with Gasteiger partial charge >= 0.3 is 0 Å². The number of alkyl halides is 2. The highest BCUT2D eigenvalue weighted by Gasteiger charge is 2.45. The van der Waals surface area contributed by atoms with E-state index in [4.69, 9.17) is 14.2 Å². The van der Waals surface area contributed by atoms with Crippen LogP contribution in [0.15, 0.2) is 61.2 Å². The van der Waals surface area contributed by atoms with Crippen LogP contribution in [0.3, 0.4) is 0 Å². The number of hydrogen-bond donors (Lipinski definition) is 2. The quantitative estimate of drug-likeness (QED) is 0.150. The van der Waals surface area contributed by atoms with E-state index in [1.165, 1.54) is 19.4 Å². The SMILES string of the molecule is COc1nccc(OC2CC2COc2nccc(F)c2-c2cc3cc(NC(=O)C4CC4F)ncc3n2C)c1-c1cc2cc(NC(=O)C3CC3F)ncc2n1C. The molecule has 3 aliphatic rings. The molecule has 2 N–H and O–H groups in total. The minimum absolute atomic E-state index is 0.0265. The fourth-order valence-electron chi connectivity index (χ4n) is 6.96. The Kier molecular flexibility index (Phi) is 8.35. The number of hydrogen-bond acceptors (Lipinski definition) is 9. The lowest BCUT2D eigenvalue weighted by molar-refractivity contribution is -0.118. The van der Waals surface area contributed by atoms with E-state index < -0.39 is 35.9 Å². The predicted molar refractivity (Wildman–Crippen MR) is 196 cm³/mol. The lowest BCUT2D eigenvalue weighted by Gasteiger charge is -2.15. The third-order valence-electron chi connectivity index (χ3n) is 10.5. The van der Waals surface area contributed by atoms with E-state index in [2.05, 4.69) is 30.6 Å². The Labute approximate surface area is 311 Å². The summed E-state index contributed by atoms with van der Waals surface area (Å²) in [5.41, 5.74) is 3.52. The van der Waals surface area contributed by atoms with Gasteiger partial charge in [-0.3, -0.25) is 9.59 Å². The fraction of sp³-hybridized carbons (Fsp3) is 0.333. The Morgan fingerprint density at radius 2 is 1.33 bits per heavy atom. The molecule has 0 aromatic carbocycles. The first-order valence-electron chi connectivity index (χ1n) is 17.9. The van der Waals surface area contributed by atoms with Crippen LogP contribution in [0.2, 0.25) is 0 Å². The molecular weight excluding hydrogens is 717 g/mol. The number of methoxy groups -OCH3 is 1. The van der Waals surface area contributed by atoms with Gasteiger partial charge in [-0.2, -0.15) is 0 Å². The maximum absolute atomic E-state index is 15.5. The van der Waals surface area contributed by atoms with E-state index in [0.717, 1.165) is 16.6 Å². The number of rotatable bonds is 12. The van der Waals surface area contributed by atoms with Crippen LogP contribution in [0, 0.1) is 23.6 Å². The van der Waals surface area contributed by atoms with Crippen LogP contribution in [-0.4, -0.2) is 73.0 Å². The summed E-state index contributed by atoms with van der Waals surface area (Å²) in [4.78, 5) is 42.1. The van der Waals surface area contributed by atoms with Crippen molar-refractivity contribution < 1.29 is 37.0 Å². The van der Waals surface area contributed by atoms with Gasteiger partial charge in [-0.25, -0.2) is 33.1 Å². The first kappa shape index (κ1) is 34.6. The smallest absolute Gasteiger partial charge is 0.231 e. The van der Waals surface area contributed by atoms with Crippen molar-refractivity contribution in [2.24, 2.45) is 31.8 Å². The molecule has 0 saturated heterocycles. The van der Waals surface area contributed by atoms with Gasteiger partial charge in [0.25, 0.3) is 0 Å². The number of halogens is 3. The first-order valence-corrected chi connectivity index (χ1v) is 17.9. The van der Waals surface area contributed by atoms with Crippen molar-refractivity contribution in [2.75, 3.05) is 24.4 Å². The second-order valence-electron chi connectivity index (χ2n) is 14.3. The summed E-state index contributed by atoms with van der Waals surface area (Å²) < 4.78 is 64.4. The van der Waals surface area contributed by atoms with E-state index in [1.807, 2.05) is 17.7 Å². The number of pyridine rings is 4. The Balaban J connectivity index is 0.916. The van der Waals surface area contributed by atoms with Gasteiger partial charge in [0.15, 0.2) is 0 Å². The maximum Gasteiger partial charge on any atom is 0.231 e. The van der Waals surface area contributed by atoms with Crippen LogP contribution in [0.4, 0.5) is 24.8 Å². The average molecular weight is 753 g/mol. The highest BCUT2D eigenvalue weighted by Crippen LogP contribution is 2.44. The van der Waals surface area contributed by atoms with Crippen LogP contribution in [0.5, 0.6) is 17.5 Å². The number of amides is 2. The lowest BCUT2D eigenvalue weighted by Crippen LogP contribution is -2.15. The second kappa shape index (κ2) is 13.3. The summed E-state index contributed by atoms with van der Waals surface area (Å²) >= 11 is 0. The van der Waals surface area contributed by atoms with Crippen LogP contribution < -0.4 is 24.8 Å². The monoisotopic (exact) mass is 752 g/mol. The first-order chi connectivity index (χ1) is 26.6. The summed E-state index contributed by atoms with van der Waals surface area (Å²) in [6, 6.07) is 10.1. The molecule has 6 atom stereocenters. The summed E-state index contributed by atoms with van der Waals surface area (Å²) in [7, 11) is 5.18. The number of nitrogens with one attached hydrogen (secondary N) is 2. The van der Waals surface area contributed by atoms with Crippen molar-refractivity contribution in [2.45, 2.75) is 37.7 Å². The third-order valence-corrected chi connectivity index (χ3v) is 10.5. The standard InChI is InChI=1S/C39H35F3N8O5/c1-49-26(8-18-11-32(45-15-28(18)49)47-36(51)21-13-24(21)41)34-23(40)4-6-44-39(34)54-17-20-10-31(20)55-30-5-7-43-38(53-3)35(30)27-9-19-12-33(46-16-29(19)50(27)2)48-37(52)22-14-25(22)42/h4-9,11-12,15-16,20-22,24-25,31H,10,13-14,17H2,1-3H3,(H,45,47,51)(H,46,48,52). The third kappa shape index (κ3) is 6.44. The van der Waals surface area contributed by atoms with Crippen molar-refractivity contribution in [1.29, 1.82) is 0 Å². The van der Waals surface area contributed by atoms with Crippen LogP contribution in [0.1, 0.15) is 19.3 Å². The molecule has 0 radical (unpaired) electrons. The lowest BCUT2D eigenvalue weighted by atomic mass is 10.1. The molecule has 9 rings (SSSR count). The molecule has 3 fully saturated rings. The molecule has 3 saturated carbocycles. The normalized spacial score (nSPS) is 22.4. The van der Waals surface area contributed by atoms with Gasteiger partial charge < -0.3 is 34.0 Å².